The zero-order valence-electron chi connectivity index (χ0n) is 17.3. The molecule has 0 aliphatic rings. The predicted octanol–water partition coefficient (Wildman–Crippen LogP) is 2.00. The van der Waals surface area contributed by atoms with Gasteiger partial charge in [0.05, 0.1) is 12.6 Å². The summed E-state index contributed by atoms with van der Waals surface area (Å²) in [6.45, 7) is 2.59. The molecule has 1 N–H and O–H groups in total. The smallest absolute Gasteiger partial charge is 0.352 e. The predicted molar refractivity (Wildman–Crippen MR) is 119 cm³/mol. The molecule has 9 nitrogen and oxygen atoms in total. The highest BCUT2D eigenvalue weighted by molar-refractivity contribution is 7.17. The summed E-state index contributed by atoms with van der Waals surface area (Å²) in [5, 5.41) is 8.90. The molecule has 0 fully saturated rings. The monoisotopic (exact) mass is 441 g/mol. The number of nitrogens with zero attached hydrogens (tertiary/aromatic N) is 4. The van der Waals surface area contributed by atoms with Gasteiger partial charge in [-0.15, -0.1) is 16.4 Å². The first-order valence-corrected chi connectivity index (χ1v) is 10.9. The second-order valence-corrected chi connectivity index (χ2v) is 8.06. The first-order valence-electron chi connectivity index (χ1n) is 10.0. The number of nitrogens with one attached hydrogen (secondary N) is 1. The van der Waals surface area contributed by atoms with Crippen molar-refractivity contribution in [3.63, 3.8) is 0 Å². The van der Waals surface area contributed by atoms with Crippen LogP contribution >= 0.6 is 11.3 Å². The highest BCUT2D eigenvalue weighted by atomic mass is 32.1. The average molecular weight is 442 g/mol. The Bertz CT molecular complexity index is 1350. The summed E-state index contributed by atoms with van der Waals surface area (Å²) in [4.78, 5) is 38.4. The summed E-state index contributed by atoms with van der Waals surface area (Å²) in [6, 6.07) is 9.08. The first-order chi connectivity index (χ1) is 15.0. The highest BCUT2D eigenvalue weighted by Gasteiger charge is 2.19. The maximum atomic E-state index is 13.0. The Morgan fingerprint density at radius 3 is 2.68 bits per heavy atom. The summed E-state index contributed by atoms with van der Waals surface area (Å²) in [5.74, 6) is 0.655. The molecule has 3 aromatic heterocycles. The van der Waals surface area contributed by atoms with Crippen LogP contribution in [-0.4, -0.2) is 31.8 Å². The lowest BCUT2D eigenvalue weighted by atomic mass is 10.2. The van der Waals surface area contributed by atoms with Crippen LogP contribution < -0.4 is 21.3 Å². The third kappa shape index (κ3) is 3.98. The minimum atomic E-state index is -0.441. The van der Waals surface area contributed by atoms with Crippen molar-refractivity contribution in [1.29, 1.82) is 0 Å². The van der Waals surface area contributed by atoms with Gasteiger partial charge < -0.3 is 10.1 Å². The molecule has 0 aliphatic carbocycles. The van der Waals surface area contributed by atoms with Crippen molar-refractivity contribution in [3.8, 4) is 5.75 Å². The molecule has 1 amide bonds. The maximum Gasteiger partial charge on any atom is 0.352 e. The van der Waals surface area contributed by atoms with Gasteiger partial charge in [-0.2, -0.15) is 0 Å². The minimum absolute atomic E-state index is 0.160. The molecule has 4 rings (SSSR count). The van der Waals surface area contributed by atoms with Crippen molar-refractivity contribution in [2.75, 3.05) is 7.11 Å². The van der Waals surface area contributed by atoms with Gasteiger partial charge in [-0.3, -0.25) is 14.2 Å². The number of ether oxygens (including phenoxy) is 1. The number of carbonyl (C=O) groups excluding carboxylic acids is 1. The SMILES string of the molecule is CCCCn1c(=O)c2sccc2n2c(=O)n(CC(=O)NCc3ccc(OC)cc3)nc12. The van der Waals surface area contributed by atoms with Crippen LogP contribution in [0.2, 0.25) is 0 Å². The molecule has 3 heterocycles. The van der Waals surface area contributed by atoms with Crippen molar-refractivity contribution in [2.24, 2.45) is 0 Å². The maximum absolute atomic E-state index is 13.0. The van der Waals surface area contributed by atoms with E-state index in [9.17, 15) is 14.4 Å². The number of amides is 1. The fourth-order valence-electron chi connectivity index (χ4n) is 3.39. The van der Waals surface area contributed by atoms with Crippen LogP contribution in [0.4, 0.5) is 0 Å². The highest BCUT2D eigenvalue weighted by Crippen LogP contribution is 2.17. The van der Waals surface area contributed by atoms with E-state index < -0.39 is 5.69 Å². The number of thiophene rings is 1. The number of benzene rings is 1. The van der Waals surface area contributed by atoms with Crippen LogP contribution in [0.1, 0.15) is 25.3 Å². The number of unbranched alkanes of at least 4 members (excludes halogenated alkanes) is 1. The summed E-state index contributed by atoms with van der Waals surface area (Å²) >= 11 is 1.30. The number of carbonyl (C=O) groups is 1. The molecule has 0 saturated carbocycles. The van der Waals surface area contributed by atoms with Gasteiger partial charge in [0.2, 0.25) is 11.7 Å². The number of aromatic nitrogens is 4. The van der Waals surface area contributed by atoms with Crippen LogP contribution in [0.3, 0.4) is 0 Å². The van der Waals surface area contributed by atoms with Gasteiger partial charge in [-0.25, -0.2) is 13.9 Å². The van der Waals surface area contributed by atoms with E-state index in [4.69, 9.17) is 4.74 Å². The van der Waals surface area contributed by atoms with Gasteiger partial charge in [0.25, 0.3) is 5.56 Å². The summed E-state index contributed by atoms with van der Waals surface area (Å²) < 4.78 is 9.68. The van der Waals surface area contributed by atoms with Crippen molar-refractivity contribution < 1.29 is 9.53 Å². The van der Waals surface area contributed by atoms with Crippen molar-refractivity contribution >= 4 is 33.2 Å². The summed E-state index contributed by atoms with van der Waals surface area (Å²) in [5.41, 5.74) is 0.827. The van der Waals surface area contributed by atoms with E-state index in [1.165, 1.54) is 20.3 Å². The quantitative estimate of drug-likeness (QED) is 0.451. The second-order valence-electron chi connectivity index (χ2n) is 7.15. The third-order valence-electron chi connectivity index (χ3n) is 5.07. The fourth-order valence-corrected chi connectivity index (χ4v) is 4.21. The summed E-state index contributed by atoms with van der Waals surface area (Å²) in [6.07, 6.45) is 1.69. The van der Waals surface area contributed by atoms with E-state index in [0.717, 1.165) is 28.8 Å². The lowest BCUT2D eigenvalue weighted by Gasteiger charge is -2.06. The van der Waals surface area contributed by atoms with Gasteiger partial charge in [0.1, 0.15) is 17.0 Å². The second kappa shape index (κ2) is 8.76. The topological polar surface area (TPSA) is 99.6 Å². The van der Waals surface area contributed by atoms with Crippen LogP contribution in [0, 0.1) is 0 Å². The Morgan fingerprint density at radius 1 is 1.19 bits per heavy atom. The Labute approximate surface area is 181 Å². The van der Waals surface area contributed by atoms with Crippen LogP contribution in [-0.2, 0) is 24.4 Å². The van der Waals surface area contributed by atoms with E-state index in [1.54, 1.807) is 18.6 Å². The van der Waals surface area contributed by atoms with Crippen molar-refractivity contribution in [2.45, 2.75) is 39.4 Å². The number of aryl methyl sites for hydroxylation is 1. The van der Waals surface area contributed by atoms with E-state index >= 15 is 0 Å². The van der Waals surface area contributed by atoms with E-state index in [-0.39, 0.29) is 23.8 Å². The molecule has 162 valence electrons. The molecule has 31 heavy (non-hydrogen) atoms. The number of hydrogen-bond donors (Lipinski definition) is 1. The zero-order chi connectivity index (χ0) is 22.0. The van der Waals surface area contributed by atoms with E-state index in [2.05, 4.69) is 10.4 Å². The molecule has 0 atom stereocenters. The van der Waals surface area contributed by atoms with Crippen LogP contribution in [0.5, 0.6) is 5.75 Å². The molecule has 0 bridgehead atoms. The Kier molecular flexibility index (Phi) is 5.90. The molecular formula is C21H23N5O4S. The fraction of sp³-hybridized carbons (Fsp3) is 0.333. The molecule has 1 aromatic carbocycles. The van der Waals surface area contributed by atoms with Crippen LogP contribution in [0.25, 0.3) is 16.0 Å². The minimum Gasteiger partial charge on any atom is -0.497 e. The summed E-state index contributed by atoms with van der Waals surface area (Å²) in [7, 11) is 1.59. The van der Waals surface area contributed by atoms with Gasteiger partial charge in [0.15, 0.2) is 0 Å². The molecular weight excluding hydrogens is 418 g/mol. The molecule has 0 aliphatic heterocycles. The van der Waals surface area contributed by atoms with Gasteiger partial charge in [0, 0.05) is 13.1 Å². The molecule has 0 spiro atoms. The van der Waals surface area contributed by atoms with E-state index in [0.29, 0.717) is 23.3 Å². The van der Waals surface area contributed by atoms with Gasteiger partial charge >= 0.3 is 5.69 Å². The largest absolute Gasteiger partial charge is 0.497 e. The number of fused-ring (bicyclic) bond motifs is 3. The Hall–Kier alpha value is -3.40. The average Bonchev–Trinajstić information content (AvgIpc) is 3.38. The van der Waals surface area contributed by atoms with Crippen LogP contribution in [0.15, 0.2) is 45.3 Å². The number of rotatable bonds is 8. The Balaban J connectivity index is 1.61. The van der Waals surface area contributed by atoms with Crippen molar-refractivity contribution in [1.82, 2.24) is 24.1 Å². The third-order valence-corrected chi connectivity index (χ3v) is 5.96. The lowest BCUT2D eigenvalue weighted by molar-refractivity contribution is -0.122. The van der Waals surface area contributed by atoms with Gasteiger partial charge in [-0.05, 0) is 35.6 Å². The number of hydrogen-bond acceptors (Lipinski definition) is 6. The van der Waals surface area contributed by atoms with Crippen molar-refractivity contribution in [3.05, 3.63) is 62.1 Å². The molecule has 0 saturated heterocycles. The Morgan fingerprint density at radius 2 is 1.97 bits per heavy atom. The number of methoxy groups -OCH3 is 1. The zero-order valence-corrected chi connectivity index (χ0v) is 18.1. The first kappa shape index (κ1) is 20.9. The lowest BCUT2D eigenvalue weighted by Crippen LogP contribution is -2.32. The molecule has 10 heteroatoms. The normalized spacial score (nSPS) is 11.3. The molecule has 4 aromatic rings. The standard InChI is InChI=1S/C21H23N5O4S/c1-3-4-10-24-19(28)18-16(9-11-31-18)26-20(24)23-25(21(26)29)13-17(27)22-12-14-5-7-15(30-2)8-6-14/h5-9,11H,3-4,10,12-13H2,1-2H3,(H,22,27). The van der Waals surface area contributed by atoms with E-state index in [1.807, 2.05) is 31.2 Å². The molecule has 0 radical (unpaired) electrons. The van der Waals surface area contributed by atoms with Gasteiger partial charge in [-0.1, -0.05) is 25.5 Å². The molecule has 0 unspecified atom stereocenters.